The summed E-state index contributed by atoms with van der Waals surface area (Å²) in [6, 6.07) is 0. The molecule has 0 fully saturated rings. The van der Waals surface area contributed by atoms with E-state index in [0.717, 1.165) is 16.7 Å². The SMILES string of the molecule is CC1=N[N+](C)(C)C[Si](C)(C)O1. The predicted molar refractivity (Wildman–Crippen MR) is 48.7 cm³/mol. The van der Waals surface area contributed by atoms with Gasteiger partial charge in [0.15, 0.2) is 0 Å². The van der Waals surface area contributed by atoms with Crippen LogP contribution in [0.15, 0.2) is 5.10 Å². The molecule has 0 aromatic carbocycles. The summed E-state index contributed by atoms with van der Waals surface area (Å²) in [5.41, 5.74) is 0. The van der Waals surface area contributed by atoms with E-state index in [4.69, 9.17) is 4.43 Å². The average molecular weight is 173 g/mol. The maximum atomic E-state index is 5.68. The molecule has 0 N–H and O–H groups in total. The van der Waals surface area contributed by atoms with Gasteiger partial charge in [0.05, 0.1) is 14.1 Å². The summed E-state index contributed by atoms with van der Waals surface area (Å²) in [5.74, 6) is 0.845. The summed E-state index contributed by atoms with van der Waals surface area (Å²) in [6.07, 6.45) is 1.06. The van der Waals surface area contributed by atoms with E-state index in [-0.39, 0.29) is 0 Å². The third-order valence-corrected chi connectivity index (χ3v) is 3.99. The van der Waals surface area contributed by atoms with Crippen molar-refractivity contribution in [2.75, 3.05) is 20.3 Å². The lowest BCUT2D eigenvalue weighted by Gasteiger charge is -2.35. The predicted octanol–water partition coefficient (Wildman–Crippen LogP) is 1.17. The van der Waals surface area contributed by atoms with E-state index in [0.29, 0.717) is 0 Å². The van der Waals surface area contributed by atoms with Crippen molar-refractivity contribution in [2.45, 2.75) is 20.0 Å². The van der Waals surface area contributed by atoms with Crippen LogP contribution in [-0.2, 0) is 4.43 Å². The minimum atomic E-state index is -1.45. The van der Waals surface area contributed by atoms with Gasteiger partial charge in [-0.2, -0.15) is 4.59 Å². The summed E-state index contributed by atoms with van der Waals surface area (Å²) in [6.45, 7) is 6.39. The Hall–Kier alpha value is -0.353. The minimum absolute atomic E-state index is 0.727. The Morgan fingerprint density at radius 1 is 1.45 bits per heavy atom. The zero-order chi connectivity index (χ0) is 8.70. The highest BCUT2D eigenvalue weighted by Crippen LogP contribution is 2.17. The van der Waals surface area contributed by atoms with Crippen LogP contribution in [0.1, 0.15) is 6.92 Å². The van der Waals surface area contributed by atoms with E-state index in [2.05, 4.69) is 32.3 Å². The fourth-order valence-corrected chi connectivity index (χ4v) is 4.64. The van der Waals surface area contributed by atoms with Crippen molar-refractivity contribution in [1.82, 2.24) is 0 Å². The highest BCUT2D eigenvalue weighted by Gasteiger charge is 2.39. The van der Waals surface area contributed by atoms with Gasteiger partial charge >= 0.3 is 8.32 Å². The third kappa shape index (κ3) is 2.30. The van der Waals surface area contributed by atoms with Gasteiger partial charge in [-0.1, -0.05) is 5.10 Å². The van der Waals surface area contributed by atoms with Crippen molar-refractivity contribution in [3.05, 3.63) is 0 Å². The van der Waals surface area contributed by atoms with Crippen LogP contribution in [0.25, 0.3) is 0 Å². The molecular weight excluding hydrogens is 156 g/mol. The summed E-state index contributed by atoms with van der Waals surface area (Å²) >= 11 is 0. The Labute approximate surface area is 69.4 Å². The van der Waals surface area contributed by atoms with Crippen molar-refractivity contribution in [3.8, 4) is 0 Å². The molecule has 1 rings (SSSR count). The van der Waals surface area contributed by atoms with Crippen molar-refractivity contribution in [2.24, 2.45) is 5.10 Å². The molecule has 0 saturated heterocycles. The normalized spacial score (nSPS) is 27.2. The molecule has 0 atom stereocenters. The lowest BCUT2D eigenvalue weighted by molar-refractivity contribution is -0.889. The molecule has 64 valence electrons. The maximum absolute atomic E-state index is 5.68. The van der Waals surface area contributed by atoms with Crippen LogP contribution in [0.2, 0.25) is 13.1 Å². The zero-order valence-electron chi connectivity index (χ0n) is 8.01. The van der Waals surface area contributed by atoms with E-state index in [9.17, 15) is 0 Å². The molecule has 1 aliphatic heterocycles. The van der Waals surface area contributed by atoms with Crippen molar-refractivity contribution < 1.29 is 9.02 Å². The lowest BCUT2D eigenvalue weighted by Crippen LogP contribution is -2.55. The topological polar surface area (TPSA) is 21.6 Å². The molecule has 0 radical (unpaired) electrons. The quantitative estimate of drug-likeness (QED) is 0.398. The smallest absolute Gasteiger partial charge is 0.305 e. The number of hydrogen-bond acceptors (Lipinski definition) is 2. The Bertz CT molecular complexity index is 199. The van der Waals surface area contributed by atoms with Crippen LogP contribution in [0.4, 0.5) is 0 Å². The Kier molecular flexibility index (Phi) is 1.84. The first-order valence-corrected chi connectivity index (χ1v) is 7.01. The molecule has 0 aromatic rings. The fourth-order valence-electron chi connectivity index (χ4n) is 1.80. The van der Waals surface area contributed by atoms with E-state index in [1.807, 2.05) is 6.92 Å². The van der Waals surface area contributed by atoms with Gasteiger partial charge in [-0.3, -0.25) is 0 Å². The number of hydrogen-bond donors (Lipinski definition) is 0. The molecule has 0 bridgehead atoms. The third-order valence-electron chi connectivity index (χ3n) is 1.60. The highest BCUT2D eigenvalue weighted by atomic mass is 28.4. The molecular formula is C7H17N2OSi+. The van der Waals surface area contributed by atoms with E-state index >= 15 is 0 Å². The molecule has 1 heterocycles. The van der Waals surface area contributed by atoms with Crippen LogP contribution in [0.5, 0.6) is 0 Å². The van der Waals surface area contributed by atoms with Crippen LogP contribution in [-0.4, -0.2) is 39.1 Å². The molecule has 0 amide bonds. The first-order valence-electron chi connectivity index (χ1n) is 3.90. The van der Waals surface area contributed by atoms with Crippen LogP contribution < -0.4 is 0 Å². The van der Waals surface area contributed by atoms with Gasteiger partial charge < -0.3 is 4.43 Å². The summed E-state index contributed by atoms with van der Waals surface area (Å²) in [5, 5.41) is 4.38. The number of nitrogens with zero attached hydrogens (tertiary/aromatic N) is 2. The van der Waals surface area contributed by atoms with Gasteiger partial charge in [0.25, 0.3) is 0 Å². The molecule has 1 aliphatic rings. The number of quaternary nitrogens is 1. The standard InChI is InChI=1S/C7H17N2OSi/c1-7-8-9(2,3)6-11(4,5)10-7/h6H2,1-5H3/q+1. The minimum Gasteiger partial charge on any atom is -0.525 e. The maximum Gasteiger partial charge on any atom is 0.305 e. The van der Waals surface area contributed by atoms with Crippen LogP contribution in [0, 0.1) is 0 Å². The summed E-state index contributed by atoms with van der Waals surface area (Å²) < 4.78 is 6.41. The molecule has 3 nitrogen and oxygen atoms in total. The summed E-state index contributed by atoms with van der Waals surface area (Å²) in [4.78, 5) is 0. The monoisotopic (exact) mass is 173 g/mol. The first-order chi connectivity index (χ1) is 4.81. The molecule has 0 aliphatic carbocycles. The van der Waals surface area contributed by atoms with Gasteiger partial charge in [-0.15, -0.1) is 0 Å². The Morgan fingerprint density at radius 3 is 2.36 bits per heavy atom. The van der Waals surface area contributed by atoms with Gasteiger partial charge in [-0.05, 0) is 13.1 Å². The van der Waals surface area contributed by atoms with Gasteiger partial charge in [-0.25, -0.2) is 0 Å². The number of rotatable bonds is 0. The largest absolute Gasteiger partial charge is 0.525 e. The second-order valence-corrected chi connectivity index (χ2v) is 8.30. The van der Waals surface area contributed by atoms with Gasteiger partial charge in [0.2, 0.25) is 5.90 Å². The van der Waals surface area contributed by atoms with E-state index < -0.39 is 8.32 Å². The van der Waals surface area contributed by atoms with Gasteiger partial charge in [0, 0.05) is 6.92 Å². The van der Waals surface area contributed by atoms with Crippen molar-refractivity contribution in [1.29, 1.82) is 0 Å². The molecule has 0 unspecified atom stereocenters. The van der Waals surface area contributed by atoms with Crippen LogP contribution in [0.3, 0.4) is 0 Å². The molecule has 4 heteroatoms. The Balaban J connectivity index is 2.86. The van der Waals surface area contributed by atoms with Crippen molar-refractivity contribution >= 4 is 14.2 Å². The van der Waals surface area contributed by atoms with E-state index in [1.165, 1.54) is 0 Å². The zero-order valence-corrected chi connectivity index (χ0v) is 9.01. The lowest BCUT2D eigenvalue weighted by atomic mass is 10.8. The molecule has 0 saturated carbocycles. The second-order valence-electron chi connectivity index (χ2n) is 4.26. The highest BCUT2D eigenvalue weighted by molar-refractivity contribution is 6.72. The van der Waals surface area contributed by atoms with E-state index in [1.54, 1.807) is 0 Å². The first kappa shape index (κ1) is 8.74. The van der Waals surface area contributed by atoms with Gasteiger partial charge in [0.1, 0.15) is 6.17 Å². The second kappa shape index (κ2) is 2.32. The summed E-state index contributed by atoms with van der Waals surface area (Å²) in [7, 11) is 2.78. The fraction of sp³-hybridized carbons (Fsp3) is 0.857. The van der Waals surface area contributed by atoms with Crippen LogP contribution >= 0.6 is 0 Å². The molecule has 0 aromatic heterocycles. The van der Waals surface area contributed by atoms with Crippen molar-refractivity contribution in [3.63, 3.8) is 0 Å². The molecule has 11 heavy (non-hydrogen) atoms. The Morgan fingerprint density at radius 2 is 2.00 bits per heavy atom. The average Bonchev–Trinajstić information content (AvgIpc) is 1.49. The molecule has 0 spiro atoms.